The molecule has 68 heavy (non-hydrogen) atoms. The molecule has 4 N–H and O–H groups in total. The number of alkyl halides is 3. The molecule has 0 fully saturated rings. The van der Waals surface area contributed by atoms with Gasteiger partial charge in [-0.3, -0.25) is 28.8 Å². The predicted molar refractivity (Wildman–Crippen MR) is 265 cm³/mol. The molecular formula is C47H43Cl5N8O8. The first kappa shape index (κ1) is 52.5. The number of nitrogens with one attached hydrogen (secondary N) is 4. The standard InChI is InChI=1S/C47H43Cl5N8O8/c1-23(49)27-15-31(20-33(18-27)67-5)54-44(63)35-9-7-11-38(40(35)51)57-59-42(25(3)61)46(65)53-30-13-14-37(29(17-30)22-48)56-47(66)43(26(4)62)60-58-39-12-8-10-36(41(39)52)45(64)55-32-16-28(24(2)50)19-34(21-32)68-6/h7-21,23-24,42-43H,22H2,1-6H3,(H,53,65)(H,54,63)(H,55,64)(H,56,66). The van der Waals surface area contributed by atoms with Gasteiger partial charge in [0.15, 0.2) is 11.6 Å². The number of carbonyl (C=O) groups is 6. The van der Waals surface area contributed by atoms with E-state index >= 15 is 0 Å². The molecule has 21 heteroatoms. The number of hydrogen-bond donors (Lipinski definition) is 4. The van der Waals surface area contributed by atoms with Crippen LogP contribution in [-0.2, 0) is 25.1 Å². The lowest BCUT2D eigenvalue weighted by Gasteiger charge is -2.15. The Kier molecular flexibility index (Phi) is 18.6. The van der Waals surface area contributed by atoms with Crippen molar-refractivity contribution in [1.29, 1.82) is 0 Å². The van der Waals surface area contributed by atoms with Crippen molar-refractivity contribution < 1.29 is 38.2 Å². The smallest absolute Gasteiger partial charge is 0.258 e. The van der Waals surface area contributed by atoms with E-state index in [1.165, 1.54) is 68.8 Å². The van der Waals surface area contributed by atoms with Crippen molar-refractivity contribution >= 4 is 127 Å². The zero-order chi connectivity index (χ0) is 49.8. The van der Waals surface area contributed by atoms with Gasteiger partial charge in [0.25, 0.3) is 23.6 Å². The minimum absolute atomic E-state index is 0.00467. The molecular weight excluding hydrogens is 982 g/mol. The number of nitrogens with zero attached hydrogens (tertiary/aromatic N) is 4. The number of amides is 4. The number of hydrogen-bond acceptors (Lipinski definition) is 12. The molecule has 4 atom stereocenters. The van der Waals surface area contributed by atoms with Crippen LogP contribution < -0.4 is 30.7 Å². The summed E-state index contributed by atoms with van der Waals surface area (Å²) in [6, 6.07) is 19.9. The molecule has 0 aliphatic carbocycles. The molecule has 16 nitrogen and oxygen atoms in total. The zero-order valence-corrected chi connectivity index (χ0v) is 40.9. The Hall–Kier alpha value is -6.43. The molecule has 5 rings (SSSR count). The maximum Gasteiger partial charge on any atom is 0.258 e. The first-order chi connectivity index (χ1) is 32.3. The number of anilines is 4. The summed E-state index contributed by atoms with van der Waals surface area (Å²) in [7, 11) is 2.97. The highest BCUT2D eigenvalue weighted by atomic mass is 35.5. The van der Waals surface area contributed by atoms with Crippen molar-refractivity contribution in [2.45, 2.75) is 56.4 Å². The van der Waals surface area contributed by atoms with Crippen LogP contribution in [0.5, 0.6) is 11.5 Å². The average Bonchev–Trinajstić information content (AvgIpc) is 3.29. The topological polar surface area (TPSA) is 218 Å². The Morgan fingerprint density at radius 1 is 0.574 bits per heavy atom. The summed E-state index contributed by atoms with van der Waals surface area (Å²) < 4.78 is 10.6. The second-order valence-corrected chi connectivity index (χ2v) is 17.2. The van der Waals surface area contributed by atoms with Gasteiger partial charge in [0.1, 0.15) is 22.9 Å². The number of azo groups is 2. The SMILES string of the molecule is COc1cc(NC(=O)c2cccc(N=NC(C(C)=O)C(=O)Nc3ccc(NC(=O)C(N=Nc4cccc(C(=O)Nc5cc(OC)cc(C(C)Cl)c5)c4Cl)C(C)=O)c(CCl)c3)c2Cl)cc(C(C)Cl)c1. The van der Waals surface area contributed by atoms with Gasteiger partial charge in [0.2, 0.25) is 12.1 Å². The van der Waals surface area contributed by atoms with Gasteiger partial charge >= 0.3 is 0 Å². The van der Waals surface area contributed by atoms with Crippen molar-refractivity contribution in [3.8, 4) is 11.5 Å². The molecule has 4 amide bonds. The first-order valence-corrected chi connectivity index (χ1v) is 22.5. The van der Waals surface area contributed by atoms with Gasteiger partial charge in [-0.25, -0.2) is 0 Å². The molecule has 5 aromatic carbocycles. The molecule has 0 aliphatic heterocycles. The van der Waals surface area contributed by atoms with Crippen LogP contribution in [-0.4, -0.2) is 61.5 Å². The molecule has 0 spiro atoms. The zero-order valence-electron chi connectivity index (χ0n) is 37.1. The van der Waals surface area contributed by atoms with Gasteiger partial charge in [-0.15, -0.1) is 34.8 Å². The van der Waals surface area contributed by atoms with Gasteiger partial charge in [-0.1, -0.05) is 35.3 Å². The van der Waals surface area contributed by atoms with Crippen LogP contribution >= 0.6 is 58.0 Å². The van der Waals surface area contributed by atoms with Gasteiger partial charge in [-0.2, -0.15) is 20.5 Å². The fourth-order valence-electron chi connectivity index (χ4n) is 6.22. The summed E-state index contributed by atoms with van der Waals surface area (Å²) >= 11 is 31.9. The third kappa shape index (κ3) is 13.6. The van der Waals surface area contributed by atoms with Gasteiger partial charge in [0, 0.05) is 40.8 Å². The van der Waals surface area contributed by atoms with Crippen molar-refractivity contribution in [1.82, 2.24) is 0 Å². The maximum absolute atomic E-state index is 13.5. The van der Waals surface area contributed by atoms with Gasteiger partial charge < -0.3 is 30.7 Å². The molecule has 0 radical (unpaired) electrons. The van der Waals surface area contributed by atoms with Crippen molar-refractivity contribution in [2.24, 2.45) is 20.5 Å². The lowest BCUT2D eigenvalue weighted by molar-refractivity contribution is -0.127. The number of methoxy groups -OCH3 is 2. The van der Waals surface area contributed by atoms with Gasteiger partial charge in [0.05, 0.1) is 46.1 Å². The third-order valence-corrected chi connectivity index (χ3v) is 11.4. The van der Waals surface area contributed by atoms with E-state index in [-0.39, 0.29) is 60.6 Å². The summed E-state index contributed by atoms with van der Waals surface area (Å²) in [6.07, 6.45) is 0. The number of Topliss-reactive ketones (excluding diaryl/α,β-unsaturated/α-hetero) is 2. The van der Waals surface area contributed by atoms with Crippen LogP contribution in [0.2, 0.25) is 10.0 Å². The summed E-state index contributed by atoms with van der Waals surface area (Å²) in [5, 5.41) is 25.8. The van der Waals surface area contributed by atoms with Crippen LogP contribution in [0.4, 0.5) is 34.1 Å². The van der Waals surface area contributed by atoms with E-state index in [1.807, 2.05) is 0 Å². The van der Waals surface area contributed by atoms with Crippen LogP contribution in [0.15, 0.2) is 111 Å². The van der Waals surface area contributed by atoms with E-state index < -0.39 is 47.3 Å². The highest BCUT2D eigenvalue weighted by molar-refractivity contribution is 6.37. The van der Waals surface area contributed by atoms with Crippen molar-refractivity contribution in [2.75, 3.05) is 35.5 Å². The summed E-state index contributed by atoms with van der Waals surface area (Å²) in [6.45, 7) is 5.84. The van der Waals surface area contributed by atoms with Crippen LogP contribution in [0.1, 0.15) is 75.9 Å². The van der Waals surface area contributed by atoms with E-state index in [0.717, 1.165) is 13.8 Å². The molecule has 4 unspecified atom stereocenters. The fourth-order valence-corrected chi connectivity index (χ4v) is 7.19. The van der Waals surface area contributed by atoms with Crippen molar-refractivity contribution in [3.63, 3.8) is 0 Å². The van der Waals surface area contributed by atoms with E-state index in [4.69, 9.17) is 67.5 Å². The minimum Gasteiger partial charge on any atom is -0.497 e. The Morgan fingerprint density at radius 2 is 1.01 bits per heavy atom. The third-order valence-electron chi connectivity index (χ3n) is 9.81. The van der Waals surface area contributed by atoms with E-state index in [9.17, 15) is 28.8 Å². The van der Waals surface area contributed by atoms with E-state index in [1.54, 1.807) is 50.2 Å². The monoisotopic (exact) mass is 1020 g/mol. The molecule has 0 saturated carbocycles. The fraction of sp³-hybridized carbons (Fsp3) is 0.234. The average molecular weight is 1030 g/mol. The summed E-state index contributed by atoms with van der Waals surface area (Å²) in [5.41, 5.74) is 2.97. The summed E-state index contributed by atoms with van der Waals surface area (Å²) in [4.78, 5) is 78.8. The maximum atomic E-state index is 13.5. The van der Waals surface area contributed by atoms with E-state index in [2.05, 4.69) is 41.7 Å². The summed E-state index contributed by atoms with van der Waals surface area (Å²) in [5.74, 6) is -3.44. The number of carbonyl (C=O) groups excluding carboxylic acids is 6. The second kappa shape index (κ2) is 24.0. The Bertz CT molecular complexity index is 2820. The molecule has 0 saturated heterocycles. The molecule has 5 aromatic rings. The van der Waals surface area contributed by atoms with Crippen molar-refractivity contribution in [3.05, 3.63) is 129 Å². The quantitative estimate of drug-likeness (QED) is 0.0353. The number of halogens is 5. The number of benzene rings is 5. The number of rotatable bonds is 19. The highest BCUT2D eigenvalue weighted by Crippen LogP contribution is 2.34. The normalized spacial score (nSPS) is 13.0. The molecule has 0 bridgehead atoms. The number of ketones is 2. The molecule has 0 aromatic heterocycles. The van der Waals surface area contributed by atoms with Crippen LogP contribution in [0.25, 0.3) is 0 Å². The Labute approximate surface area is 416 Å². The predicted octanol–water partition coefficient (Wildman–Crippen LogP) is 12.2. The number of ether oxygens (including phenoxy) is 2. The molecule has 354 valence electrons. The van der Waals surface area contributed by atoms with Crippen LogP contribution in [0, 0.1) is 0 Å². The Morgan fingerprint density at radius 3 is 1.41 bits per heavy atom. The van der Waals surface area contributed by atoms with Gasteiger partial charge in [-0.05, 0) is 111 Å². The lowest BCUT2D eigenvalue weighted by atomic mass is 10.1. The first-order valence-electron chi connectivity index (χ1n) is 20.3. The Balaban J connectivity index is 1.27. The molecule has 0 aliphatic rings. The molecule has 0 heterocycles. The van der Waals surface area contributed by atoms with Crippen LogP contribution in [0.3, 0.4) is 0 Å². The highest BCUT2D eigenvalue weighted by Gasteiger charge is 2.27. The van der Waals surface area contributed by atoms with E-state index in [0.29, 0.717) is 39.6 Å². The largest absolute Gasteiger partial charge is 0.497 e. The minimum atomic E-state index is -1.65. The second-order valence-electron chi connectivity index (χ2n) is 14.8. The lowest BCUT2D eigenvalue weighted by Crippen LogP contribution is -2.32.